The minimum atomic E-state index is -0.0426. The first kappa shape index (κ1) is 14.6. The second-order valence-electron chi connectivity index (χ2n) is 7.10. The summed E-state index contributed by atoms with van der Waals surface area (Å²) in [6, 6.07) is 19.3. The van der Waals surface area contributed by atoms with E-state index in [0.29, 0.717) is 5.92 Å². The molecule has 1 fully saturated rings. The van der Waals surface area contributed by atoms with Crippen LogP contribution in [0.2, 0.25) is 0 Å². The molecule has 0 aliphatic carbocycles. The van der Waals surface area contributed by atoms with Crippen LogP contribution in [0, 0.1) is 5.92 Å². The van der Waals surface area contributed by atoms with Crippen LogP contribution in [0.5, 0.6) is 0 Å². The third-order valence-corrected chi connectivity index (χ3v) is 5.33. The van der Waals surface area contributed by atoms with Gasteiger partial charge in [-0.1, -0.05) is 48.5 Å². The maximum absolute atomic E-state index is 5.07. The number of fused-ring (bicyclic) bond motifs is 1. The van der Waals surface area contributed by atoms with Gasteiger partial charge < -0.3 is 0 Å². The molecule has 2 aliphatic rings. The number of rotatable bonds is 3. The van der Waals surface area contributed by atoms with Gasteiger partial charge in [0, 0.05) is 19.0 Å². The van der Waals surface area contributed by atoms with Gasteiger partial charge in [0.2, 0.25) is 0 Å². The molecule has 23 heavy (non-hydrogen) atoms. The van der Waals surface area contributed by atoms with E-state index in [-0.39, 0.29) is 5.54 Å². The Bertz CT molecular complexity index is 759. The summed E-state index contributed by atoms with van der Waals surface area (Å²) < 4.78 is 0. The van der Waals surface area contributed by atoms with Crippen molar-refractivity contribution >= 4 is 6.08 Å². The first-order valence-corrected chi connectivity index (χ1v) is 8.67. The molecule has 0 N–H and O–H groups in total. The van der Waals surface area contributed by atoms with E-state index >= 15 is 0 Å². The van der Waals surface area contributed by atoms with E-state index in [0.717, 1.165) is 18.4 Å². The van der Waals surface area contributed by atoms with E-state index in [9.17, 15) is 0 Å². The van der Waals surface area contributed by atoms with Crippen molar-refractivity contribution in [3.05, 3.63) is 70.7 Å². The average molecular weight is 304 g/mol. The average Bonchev–Trinajstić information content (AvgIpc) is 2.93. The summed E-state index contributed by atoms with van der Waals surface area (Å²) in [4.78, 5) is 7.66. The largest absolute Gasteiger partial charge is 0.299 e. The monoisotopic (exact) mass is 304 g/mol. The molecule has 2 aromatic rings. The molecule has 0 saturated carbocycles. The van der Waals surface area contributed by atoms with Gasteiger partial charge >= 0.3 is 0 Å². The Morgan fingerprint density at radius 3 is 2.70 bits per heavy atom. The predicted molar refractivity (Wildman–Crippen MR) is 94.5 cm³/mol. The minimum Gasteiger partial charge on any atom is -0.299 e. The highest BCUT2D eigenvalue weighted by molar-refractivity contribution is 5.41. The van der Waals surface area contributed by atoms with Crippen LogP contribution in [-0.4, -0.2) is 23.5 Å². The molecule has 0 radical (unpaired) electrons. The maximum Gasteiger partial charge on any atom is 0.0816 e. The molecule has 2 heterocycles. The Balaban J connectivity index is 1.53. The van der Waals surface area contributed by atoms with Crippen molar-refractivity contribution in [1.82, 2.24) is 4.90 Å². The van der Waals surface area contributed by atoms with Crippen LogP contribution in [0.3, 0.4) is 0 Å². The zero-order valence-corrected chi connectivity index (χ0v) is 13.8. The number of nitrogens with zero attached hydrogens (tertiary/aromatic N) is 2. The Morgan fingerprint density at radius 1 is 1.09 bits per heavy atom. The number of benzene rings is 2. The van der Waals surface area contributed by atoms with Gasteiger partial charge in [0.05, 0.1) is 10.9 Å². The summed E-state index contributed by atoms with van der Waals surface area (Å²) in [5, 5.41) is 2.46. The zero-order valence-electron chi connectivity index (χ0n) is 13.8. The molecule has 2 aromatic carbocycles. The Hall–Kier alpha value is -1.93. The van der Waals surface area contributed by atoms with Crippen LogP contribution < -0.4 is 10.6 Å². The van der Waals surface area contributed by atoms with E-state index < -0.39 is 0 Å². The second kappa shape index (κ2) is 5.93. The van der Waals surface area contributed by atoms with Gasteiger partial charge in [0.1, 0.15) is 0 Å². The molecule has 0 spiro atoms. The summed E-state index contributed by atoms with van der Waals surface area (Å²) >= 11 is 0. The van der Waals surface area contributed by atoms with Crippen LogP contribution in [0.4, 0.5) is 0 Å². The summed E-state index contributed by atoms with van der Waals surface area (Å²) in [6.45, 7) is 5.71. The lowest BCUT2D eigenvalue weighted by atomic mass is 9.80. The van der Waals surface area contributed by atoms with E-state index in [1.165, 1.54) is 30.2 Å². The highest BCUT2D eigenvalue weighted by Gasteiger charge is 2.36. The highest BCUT2D eigenvalue weighted by atomic mass is 15.1. The molecule has 2 aliphatic heterocycles. The Morgan fingerprint density at radius 2 is 1.87 bits per heavy atom. The molecule has 1 saturated heterocycles. The summed E-state index contributed by atoms with van der Waals surface area (Å²) in [6.07, 6.45) is 4.93. The number of hydrogen-bond acceptors (Lipinski definition) is 2. The zero-order chi connectivity index (χ0) is 15.7. The molecule has 2 heteroatoms. The van der Waals surface area contributed by atoms with Crippen LogP contribution in [-0.2, 0) is 6.54 Å². The van der Waals surface area contributed by atoms with Crippen LogP contribution >= 0.6 is 0 Å². The second-order valence-corrected chi connectivity index (χ2v) is 7.10. The van der Waals surface area contributed by atoms with Gasteiger partial charge in [-0.3, -0.25) is 9.89 Å². The van der Waals surface area contributed by atoms with Crippen molar-refractivity contribution in [2.45, 2.75) is 31.8 Å². The van der Waals surface area contributed by atoms with Crippen molar-refractivity contribution in [2.24, 2.45) is 10.9 Å². The van der Waals surface area contributed by atoms with E-state index in [2.05, 4.69) is 72.5 Å². The van der Waals surface area contributed by atoms with Crippen molar-refractivity contribution in [2.75, 3.05) is 13.1 Å². The normalized spacial score (nSPS) is 27.1. The molecular formula is C21H24N2. The van der Waals surface area contributed by atoms with Crippen LogP contribution in [0.25, 0.3) is 6.08 Å². The minimum absolute atomic E-state index is 0.0426. The highest BCUT2D eigenvalue weighted by Crippen LogP contribution is 2.32. The first-order valence-electron chi connectivity index (χ1n) is 8.67. The smallest absolute Gasteiger partial charge is 0.0816 e. The van der Waals surface area contributed by atoms with E-state index in [1.54, 1.807) is 0 Å². The molecule has 2 nitrogen and oxygen atoms in total. The third kappa shape index (κ3) is 2.96. The lowest BCUT2D eigenvalue weighted by Gasteiger charge is -2.39. The Kier molecular flexibility index (Phi) is 3.78. The summed E-state index contributed by atoms with van der Waals surface area (Å²) in [7, 11) is 0. The molecule has 4 rings (SSSR count). The topological polar surface area (TPSA) is 15.6 Å². The van der Waals surface area contributed by atoms with E-state index in [4.69, 9.17) is 4.99 Å². The molecule has 2 unspecified atom stereocenters. The molecule has 0 bridgehead atoms. The first-order chi connectivity index (χ1) is 11.2. The van der Waals surface area contributed by atoms with E-state index in [1.807, 2.05) is 0 Å². The Labute approximate surface area is 138 Å². The van der Waals surface area contributed by atoms with Crippen molar-refractivity contribution in [3.8, 4) is 0 Å². The molecule has 2 atom stereocenters. The van der Waals surface area contributed by atoms with Gasteiger partial charge in [0.15, 0.2) is 0 Å². The van der Waals surface area contributed by atoms with Crippen molar-refractivity contribution in [1.29, 1.82) is 0 Å². The molecule has 0 amide bonds. The third-order valence-electron chi connectivity index (χ3n) is 5.33. The number of para-hydroxylation sites is 1. The van der Waals surface area contributed by atoms with Crippen LogP contribution in [0.15, 0.2) is 59.6 Å². The fraction of sp³-hybridized carbons (Fsp3) is 0.381. The van der Waals surface area contributed by atoms with Crippen molar-refractivity contribution < 1.29 is 0 Å². The summed E-state index contributed by atoms with van der Waals surface area (Å²) in [5.41, 5.74) is 1.37. The number of likely N-dealkylation sites (tertiary alicyclic amines) is 1. The van der Waals surface area contributed by atoms with Gasteiger partial charge in [-0.15, -0.1) is 0 Å². The van der Waals surface area contributed by atoms with Crippen LogP contribution in [0.1, 0.15) is 25.3 Å². The number of piperidine rings is 1. The maximum atomic E-state index is 5.07. The number of hydrogen-bond donors (Lipinski definition) is 0. The van der Waals surface area contributed by atoms with Gasteiger partial charge in [0.25, 0.3) is 0 Å². The lowest BCUT2D eigenvalue weighted by Crippen LogP contribution is -2.43. The standard InChI is InChI=1S/C21H24N2/c1-21(14-18-10-5-6-12-20(18)22-21)19-11-7-13-23(16-19)15-17-8-3-2-4-9-17/h2-6,8-10,12,14,19H,7,11,13,15-16H2,1H3. The van der Waals surface area contributed by atoms with Crippen molar-refractivity contribution in [3.63, 3.8) is 0 Å². The fourth-order valence-corrected chi connectivity index (χ4v) is 4.04. The van der Waals surface area contributed by atoms with Gasteiger partial charge in [-0.2, -0.15) is 0 Å². The molecule has 118 valence electrons. The van der Waals surface area contributed by atoms with Gasteiger partial charge in [-0.05, 0) is 49.2 Å². The quantitative estimate of drug-likeness (QED) is 0.851. The van der Waals surface area contributed by atoms with Gasteiger partial charge in [-0.25, -0.2) is 0 Å². The molecular weight excluding hydrogens is 280 g/mol. The lowest BCUT2D eigenvalue weighted by molar-refractivity contribution is 0.139. The fourth-order valence-electron chi connectivity index (χ4n) is 4.04. The predicted octanol–water partition coefficient (Wildman–Crippen LogP) is 2.77. The SMILES string of the molecule is CC1(C2CCCN(Cc3ccccc3)C2)C=c2ccccc2=N1. The summed E-state index contributed by atoms with van der Waals surface area (Å²) in [5.74, 6) is 0.604. The molecule has 0 aromatic heterocycles.